The van der Waals surface area contributed by atoms with E-state index in [1.54, 1.807) is 24.3 Å². The van der Waals surface area contributed by atoms with Crippen LogP contribution in [0.15, 0.2) is 54.6 Å². The number of cyclic esters (lactones) is 1. The first-order chi connectivity index (χ1) is 14.0. The molecule has 2 aliphatic rings. The topological polar surface area (TPSA) is 96.0 Å². The Morgan fingerprint density at radius 2 is 1.59 bits per heavy atom. The van der Waals surface area contributed by atoms with Crippen LogP contribution in [-0.4, -0.2) is 54.5 Å². The minimum atomic E-state index is -0.467. The Kier molecular flexibility index (Phi) is 4.99. The fourth-order valence-electron chi connectivity index (χ4n) is 3.42. The predicted molar refractivity (Wildman–Crippen MR) is 103 cm³/mol. The summed E-state index contributed by atoms with van der Waals surface area (Å²) in [6.07, 6.45) is -0.943. The van der Waals surface area contributed by atoms with Gasteiger partial charge < -0.3 is 10.1 Å². The second-order valence-electron chi connectivity index (χ2n) is 6.81. The number of nitrogens with one attached hydrogen (secondary N) is 1. The molecule has 2 heterocycles. The number of benzene rings is 2. The Morgan fingerprint density at radius 1 is 0.966 bits per heavy atom. The lowest BCUT2D eigenvalue weighted by Crippen LogP contribution is -2.38. The van der Waals surface area contributed by atoms with Gasteiger partial charge in [0.1, 0.15) is 6.10 Å². The molecular weight excluding hydrogens is 374 g/mol. The van der Waals surface area contributed by atoms with E-state index >= 15 is 0 Å². The molecule has 1 atom stereocenters. The van der Waals surface area contributed by atoms with E-state index in [1.807, 2.05) is 30.3 Å². The van der Waals surface area contributed by atoms with Crippen LogP contribution in [0.1, 0.15) is 27.1 Å². The Hall–Kier alpha value is -3.68. The molecule has 29 heavy (non-hydrogen) atoms. The zero-order valence-corrected chi connectivity index (χ0v) is 15.5. The van der Waals surface area contributed by atoms with Crippen LogP contribution in [0.5, 0.6) is 0 Å². The Morgan fingerprint density at radius 3 is 2.24 bits per heavy atom. The quantitative estimate of drug-likeness (QED) is 0.755. The standard InChI is InChI=1S/C21H19N3O5/c25-18(10-11-23-19(26)16-8-4-5-9-17(16)20(23)27)22-12-15-13-24(21(28)29-15)14-6-2-1-3-7-14/h1-9,15H,10-13H2,(H,22,25). The average Bonchev–Trinajstić information content (AvgIpc) is 3.23. The average molecular weight is 393 g/mol. The van der Waals surface area contributed by atoms with Crippen LogP contribution in [0.4, 0.5) is 10.5 Å². The van der Waals surface area contributed by atoms with Crippen molar-refractivity contribution in [2.45, 2.75) is 12.5 Å². The second kappa shape index (κ2) is 7.75. The molecule has 0 bridgehead atoms. The number of carbonyl (C=O) groups is 4. The van der Waals surface area contributed by atoms with Gasteiger partial charge in [0, 0.05) is 18.7 Å². The van der Waals surface area contributed by atoms with Crippen molar-refractivity contribution in [3.8, 4) is 0 Å². The number of amides is 4. The van der Waals surface area contributed by atoms with Gasteiger partial charge in [0.15, 0.2) is 0 Å². The number of anilines is 1. The SMILES string of the molecule is O=C(CCN1C(=O)c2ccccc2C1=O)NCC1CN(c2ccccc2)C(=O)O1. The second-order valence-corrected chi connectivity index (χ2v) is 6.81. The summed E-state index contributed by atoms with van der Waals surface area (Å²) in [6.45, 7) is 0.496. The molecule has 8 nitrogen and oxygen atoms in total. The van der Waals surface area contributed by atoms with Crippen LogP contribution in [0, 0.1) is 0 Å². The molecule has 1 fully saturated rings. The highest BCUT2D eigenvalue weighted by Crippen LogP contribution is 2.23. The van der Waals surface area contributed by atoms with E-state index in [-0.39, 0.29) is 37.2 Å². The van der Waals surface area contributed by atoms with Crippen molar-refractivity contribution in [1.29, 1.82) is 0 Å². The molecule has 0 spiro atoms. The summed E-state index contributed by atoms with van der Waals surface area (Å²) in [5.41, 5.74) is 1.45. The summed E-state index contributed by atoms with van der Waals surface area (Å²) in [5, 5.41) is 2.70. The number of imide groups is 1. The smallest absolute Gasteiger partial charge is 0.414 e. The number of hydrogen-bond donors (Lipinski definition) is 1. The van der Waals surface area contributed by atoms with E-state index < -0.39 is 12.2 Å². The third-order valence-corrected chi connectivity index (χ3v) is 4.91. The van der Waals surface area contributed by atoms with Crippen molar-refractivity contribution < 1.29 is 23.9 Å². The third-order valence-electron chi connectivity index (χ3n) is 4.91. The van der Waals surface area contributed by atoms with Crippen molar-refractivity contribution in [1.82, 2.24) is 10.2 Å². The first kappa shape index (κ1) is 18.7. The molecule has 2 aromatic rings. The van der Waals surface area contributed by atoms with Gasteiger partial charge in [0.2, 0.25) is 5.91 Å². The maximum absolute atomic E-state index is 12.3. The minimum Gasteiger partial charge on any atom is -0.442 e. The maximum Gasteiger partial charge on any atom is 0.414 e. The van der Waals surface area contributed by atoms with Crippen LogP contribution in [0.3, 0.4) is 0 Å². The van der Waals surface area contributed by atoms with Crippen molar-refractivity contribution in [3.05, 3.63) is 65.7 Å². The van der Waals surface area contributed by atoms with E-state index in [1.165, 1.54) is 4.90 Å². The van der Waals surface area contributed by atoms with E-state index in [0.717, 1.165) is 10.6 Å². The van der Waals surface area contributed by atoms with Gasteiger partial charge in [0.25, 0.3) is 11.8 Å². The number of carbonyl (C=O) groups excluding carboxylic acids is 4. The highest BCUT2D eigenvalue weighted by atomic mass is 16.6. The monoisotopic (exact) mass is 393 g/mol. The van der Waals surface area contributed by atoms with Gasteiger partial charge in [-0.3, -0.25) is 24.2 Å². The van der Waals surface area contributed by atoms with Gasteiger partial charge in [-0.15, -0.1) is 0 Å². The van der Waals surface area contributed by atoms with Crippen LogP contribution < -0.4 is 10.2 Å². The van der Waals surface area contributed by atoms with Crippen LogP contribution in [-0.2, 0) is 9.53 Å². The number of nitrogens with zero attached hydrogens (tertiary/aromatic N) is 2. The van der Waals surface area contributed by atoms with Gasteiger partial charge in [-0.05, 0) is 24.3 Å². The summed E-state index contributed by atoms with van der Waals surface area (Å²) in [4.78, 5) is 51.4. The van der Waals surface area contributed by atoms with Gasteiger partial charge in [0.05, 0.1) is 24.2 Å². The number of hydrogen-bond acceptors (Lipinski definition) is 5. The number of ether oxygens (including phenoxy) is 1. The molecular formula is C21H19N3O5. The third kappa shape index (κ3) is 3.69. The van der Waals surface area contributed by atoms with E-state index in [9.17, 15) is 19.2 Å². The van der Waals surface area contributed by atoms with Gasteiger partial charge in [-0.25, -0.2) is 4.79 Å². The molecule has 0 radical (unpaired) electrons. The highest BCUT2D eigenvalue weighted by molar-refractivity contribution is 6.21. The number of para-hydroxylation sites is 1. The summed E-state index contributed by atoms with van der Waals surface area (Å²) >= 11 is 0. The molecule has 4 rings (SSSR count). The zero-order valence-electron chi connectivity index (χ0n) is 15.5. The fourth-order valence-corrected chi connectivity index (χ4v) is 3.42. The summed E-state index contributed by atoms with van der Waals surface area (Å²) in [5.74, 6) is -1.10. The largest absolute Gasteiger partial charge is 0.442 e. The lowest BCUT2D eigenvalue weighted by atomic mass is 10.1. The van der Waals surface area contributed by atoms with Crippen LogP contribution >= 0.6 is 0 Å². The fraction of sp³-hybridized carbons (Fsp3) is 0.238. The molecule has 0 saturated carbocycles. The minimum absolute atomic E-state index is 0.00122. The molecule has 0 aliphatic carbocycles. The number of fused-ring (bicyclic) bond motifs is 1. The van der Waals surface area contributed by atoms with Crippen molar-refractivity contribution in [2.75, 3.05) is 24.5 Å². The molecule has 8 heteroatoms. The first-order valence-electron chi connectivity index (χ1n) is 9.29. The van der Waals surface area contributed by atoms with Crippen molar-refractivity contribution in [2.24, 2.45) is 0 Å². The van der Waals surface area contributed by atoms with Crippen molar-refractivity contribution >= 4 is 29.5 Å². The predicted octanol–water partition coefficient (Wildman–Crippen LogP) is 1.81. The first-order valence-corrected chi connectivity index (χ1v) is 9.29. The molecule has 2 aromatic carbocycles. The molecule has 1 unspecified atom stereocenters. The molecule has 148 valence electrons. The highest BCUT2D eigenvalue weighted by Gasteiger charge is 2.35. The lowest BCUT2D eigenvalue weighted by Gasteiger charge is -2.15. The Bertz CT molecular complexity index is 940. The molecule has 1 saturated heterocycles. The Labute approximate surface area is 167 Å². The number of rotatable bonds is 6. The lowest BCUT2D eigenvalue weighted by molar-refractivity contribution is -0.121. The van der Waals surface area contributed by atoms with Gasteiger partial charge >= 0.3 is 6.09 Å². The molecule has 2 aliphatic heterocycles. The molecule has 4 amide bonds. The molecule has 0 aromatic heterocycles. The van der Waals surface area contributed by atoms with E-state index in [4.69, 9.17) is 4.74 Å². The normalized spacial score (nSPS) is 18.1. The van der Waals surface area contributed by atoms with Crippen LogP contribution in [0.25, 0.3) is 0 Å². The molecule has 1 N–H and O–H groups in total. The van der Waals surface area contributed by atoms with E-state index in [2.05, 4.69) is 5.32 Å². The van der Waals surface area contributed by atoms with Crippen LogP contribution in [0.2, 0.25) is 0 Å². The summed E-state index contributed by atoms with van der Waals surface area (Å²) < 4.78 is 5.29. The van der Waals surface area contributed by atoms with E-state index in [0.29, 0.717) is 17.7 Å². The Balaban J connectivity index is 1.26. The van der Waals surface area contributed by atoms with Gasteiger partial charge in [-0.1, -0.05) is 30.3 Å². The zero-order chi connectivity index (χ0) is 20.4. The summed E-state index contributed by atoms with van der Waals surface area (Å²) in [6, 6.07) is 15.7. The van der Waals surface area contributed by atoms with Crippen molar-refractivity contribution in [3.63, 3.8) is 0 Å². The van der Waals surface area contributed by atoms with Gasteiger partial charge in [-0.2, -0.15) is 0 Å². The maximum atomic E-state index is 12.3. The summed E-state index contributed by atoms with van der Waals surface area (Å²) in [7, 11) is 0.